The van der Waals surface area contributed by atoms with Gasteiger partial charge in [-0.1, -0.05) is 6.07 Å². The zero-order valence-electron chi connectivity index (χ0n) is 12.9. The molecule has 0 spiro atoms. The fourth-order valence-electron chi connectivity index (χ4n) is 2.22. The summed E-state index contributed by atoms with van der Waals surface area (Å²) in [5.41, 5.74) is 6.60. The largest absolute Gasteiger partial charge is 0.399 e. The Morgan fingerprint density at radius 1 is 1.39 bits per heavy atom. The molecule has 2 N–H and O–H groups in total. The second-order valence-electron chi connectivity index (χ2n) is 5.04. The van der Waals surface area contributed by atoms with Crippen LogP contribution in [0.1, 0.15) is 6.92 Å². The molecule has 0 saturated carbocycles. The Hall–Kier alpha value is -2.85. The minimum Gasteiger partial charge on any atom is -0.399 e. The second kappa shape index (κ2) is 7.42. The van der Waals surface area contributed by atoms with Gasteiger partial charge in [-0.2, -0.15) is 5.26 Å². The Labute approximate surface area is 134 Å². The quantitative estimate of drug-likeness (QED) is 0.507. The third-order valence-corrected chi connectivity index (χ3v) is 3.39. The molecule has 120 valence electrons. The lowest BCUT2D eigenvalue weighted by atomic mass is 10.2. The Morgan fingerprint density at radius 2 is 2.09 bits per heavy atom. The van der Waals surface area contributed by atoms with Crippen molar-refractivity contribution in [2.45, 2.75) is 6.92 Å². The van der Waals surface area contributed by atoms with E-state index in [9.17, 15) is 14.9 Å². The van der Waals surface area contributed by atoms with Crippen LogP contribution in [-0.4, -0.2) is 43.0 Å². The summed E-state index contributed by atoms with van der Waals surface area (Å²) in [6, 6.07) is 8.55. The first-order chi connectivity index (χ1) is 11.0. The normalized spacial score (nSPS) is 15.0. The molecule has 1 aliphatic heterocycles. The smallest absolute Gasteiger partial charge is 0.266 e. The van der Waals surface area contributed by atoms with Gasteiger partial charge in [-0.3, -0.25) is 14.5 Å². The molecule has 1 heterocycles. The minimum absolute atomic E-state index is 0.107. The van der Waals surface area contributed by atoms with E-state index >= 15 is 0 Å². The van der Waals surface area contributed by atoms with Crippen molar-refractivity contribution in [2.75, 3.05) is 36.9 Å². The highest BCUT2D eigenvalue weighted by atomic mass is 16.5. The summed E-state index contributed by atoms with van der Waals surface area (Å²) in [5.74, 6) is -0.732. The summed E-state index contributed by atoms with van der Waals surface area (Å²) >= 11 is 0. The van der Waals surface area contributed by atoms with Gasteiger partial charge in [0.25, 0.3) is 5.91 Å². The van der Waals surface area contributed by atoms with Crippen LogP contribution < -0.4 is 10.6 Å². The Kier molecular flexibility index (Phi) is 5.33. The number of anilines is 2. The fourth-order valence-corrected chi connectivity index (χ4v) is 2.22. The maximum absolute atomic E-state index is 12.4. The third kappa shape index (κ3) is 4.08. The second-order valence-corrected chi connectivity index (χ2v) is 5.04. The summed E-state index contributed by atoms with van der Waals surface area (Å²) < 4.78 is 5.19. The summed E-state index contributed by atoms with van der Waals surface area (Å²) in [4.78, 5) is 27.1. The maximum Gasteiger partial charge on any atom is 0.266 e. The van der Waals surface area contributed by atoms with Crippen molar-refractivity contribution >= 4 is 23.2 Å². The zero-order chi connectivity index (χ0) is 16.8. The van der Waals surface area contributed by atoms with Gasteiger partial charge in [0.2, 0.25) is 5.91 Å². The highest BCUT2D eigenvalue weighted by Crippen LogP contribution is 2.19. The number of ether oxygens (including phenoxy) is 1. The number of rotatable bonds is 3. The van der Waals surface area contributed by atoms with Gasteiger partial charge < -0.3 is 15.4 Å². The van der Waals surface area contributed by atoms with E-state index in [1.54, 1.807) is 24.3 Å². The van der Waals surface area contributed by atoms with Crippen molar-refractivity contribution in [3.05, 3.63) is 36.0 Å². The van der Waals surface area contributed by atoms with Crippen LogP contribution in [0.4, 0.5) is 11.4 Å². The lowest BCUT2D eigenvalue weighted by Gasteiger charge is -2.27. The van der Waals surface area contributed by atoms with Crippen molar-refractivity contribution < 1.29 is 14.3 Å². The highest BCUT2D eigenvalue weighted by Gasteiger charge is 2.22. The van der Waals surface area contributed by atoms with E-state index in [0.29, 0.717) is 37.7 Å². The summed E-state index contributed by atoms with van der Waals surface area (Å²) in [6.07, 6.45) is 1.26. The first-order valence-electron chi connectivity index (χ1n) is 7.17. The fraction of sp³-hybridized carbons (Fsp3) is 0.312. The van der Waals surface area contributed by atoms with E-state index in [4.69, 9.17) is 10.5 Å². The van der Waals surface area contributed by atoms with Crippen LogP contribution in [0.3, 0.4) is 0 Å². The predicted octanol–water partition coefficient (Wildman–Crippen LogP) is 0.888. The predicted molar refractivity (Wildman–Crippen MR) is 85.1 cm³/mol. The maximum atomic E-state index is 12.4. The summed E-state index contributed by atoms with van der Waals surface area (Å²) in [5, 5.41) is 9.30. The molecule has 7 nitrogen and oxygen atoms in total. The third-order valence-electron chi connectivity index (χ3n) is 3.39. The van der Waals surface area contributed by atoms with Gasteiger partial charge in [0.1, 0.15) is 11.6 Å². The number of nitriles is 1. The number of hydrogen-bond donors (Lipinski definition) is 1. The van der Waals surface area contributed by atoms with Gasteiger partial charge in [0.15, 0.2) is 0 Å². The monoisotopic (exact) mass is 314 g/mol. The molecule has 2 rings (SSSR count). The lowest BCUT2D eigenvalue weighted by molar-refractivity contribution is -0.130. The van der Waals surface area contributed by atoms with Crippen LogP contribution in [0.15, 0.2) is 36.0 Å². The van der Waals surface area contributed by atoms with E-state index in [1.165, 1.54) is 22.9 Å². The Morgan fingerprint density at radius 3 is 2.65 bits per heavy atom. The molecule has 0 bridgehead atoms. The zero-order valence-corrected chi connectivity index (χ0v) is 12.9. The van der Waals surface area contributed by atoms with Crippen LogP contribution in [0.5, 0.6) is 0 Å². The molecule has 1 aromatic carbocycles. The van der Waals surface area contributed by atoms with Gasteiger partial charge in [-0.05, 0) is 18.2 Å². The average Bonchev–Trinajstić information content (AvgIpc) is 2.55. The van der Waals surface area contributed by atoms with Crippen molar-refractivity contribution in [1.82, 2.24) is 4.90 Å². The molecule has 0 unspecified atom stereocenters. The van der Waals surface area contributed by atoms with Crippen molar-refractivity contribution in [3.8, 4) is 6.07 Å². The number of amides is 2. The molecule has 0 aliphatic carbocycles. The van der Waals surface area contributed by atoms with E-state index in [2.05, 4.69) is 0 Å². The van der Waals surface area contributed by atoms with Crippen molar-refractivity contribution in [1.29, 1.82) is 5.26 Å². The summed E-state index contributed by atoms with van der Waals surface area (Å²) in [6.45, 7) is 3.09. The molecule has 1 aliphatic rings. The number of hydrogen-bond acceptors (Lipinski definition) is 5. The minimum atomic E-state index is -0.411. The highest BCUT2D eigenvalue weighted by molar-refractivity contribution is 6.01. The molecule has 0 aromatic heterocycles. The molecule has 23 heavy (non-hydrogen) atoms. The first kappa shape index (κ1) is 16.5. The number of benzene rings is 1. The SMILES string of the molecule is CC(=O)N(/C=C(/C#N)C(=O)N1CCOCC1)c1cccc(N)c1. The van der Waals surface area contributed by atoms with E-state index in [1.807, 2.05) is 6.07 Å². The van der Waals surface area contributed by atoms with E-state index in [0.717, 1.165) is 0 Å². The number of nitrogen functional groups attached to an aromatic ring is 1. The van der Waals surface area contributed by atoms with Gasteiger partial charge >= 0.3 is 0 Å². The average molecular weight is 314 g/mol. The van der Waals surface area contributed by atoms with Crippen LogP contribution >= 0.6 is 0 Å². The molecular formula is C16H18N4O3. The van der Waals surface area contributed by atoms with Crippen molar-refractivity contribution in [2.24, 2.45) is 0 Å². The van der Waals surface area contributed by atoms with Gasteiger partial charge in [-0.15, -0.1) is 0 Å². The van der Waals surface area contributed by atoms with Crippen LogP contribution in [-0.2, 0) is 14.3 Å². The molecule has 1 aromatic rings. The van der Waals surface area contributed by atoms with E-state index < -0.39 is 5.91 Å². The molecular weight excluding hydrogens is 296 g/mol. The molecule has 0 atom stereocenters. The standard InChI is InChI=1S/C16H18N4O3/c1-12(21)20(15-4-2-3-14(18)9-15)11-13(10-17)16(22)19-5-7-23-8-6-19/h2-4,9,11H,5-8,18H2,1H3/b13-11-. The van der Waals surface area contributed by atoms with E-state index in [-0.39, 0.29) is 11.5 Å². The number of carbonyl (C=O) groups excluding carboxylic acids is 2. The Bertz CT molecular complexity index is 672. The molecule has 2 amide bonds. The number of morpholine rings is 1. The van der Waals surface area contributed by atoms with Crippen LogP contribution in [0.2, 0.25) is 0 Å². The Balaban J connectivity index is 2.30. The van der Waals surface area contributed by atoms with Crippen LogP contribution in [0, 0.1) is 11.3 Å². The van der Waals surface area contributed by atoms with Gasteiger partial charge in [0.05, 0.1) is 18.9 Å². The number of nitrogens with two attached hydrogens (primary N) is 1. The first-order valence-corrected chi connectivity index (χ1v) is 7.17. The van der Waals surface area contributed by atoms with Gasteiger partial charge in [0, 0.05) is 31.9 Å². The molecule has 0 radical (unpaired) electrons. The summed E-state index contributed by atoms with van der Waals surface area (Å²) in [7, 11) is 0. The number of carbonyl (C=O) groups is 2. The lowest BCUT2D eigenvalue weighted by Crippen LogP contribution is -2.41. The molecule has 1 fully saturated rings. The number of nitrogens with zero attached hydrogens (tertiary/aromatic N) is 3. The van der Waals surface area contributed by atoms with Gasteiger partial charge in [-0.25, -0.2) is 0 Å². The van der Waals surface area contributed by atoms with Crippen LogP contribution in [0.25, 0.3) is 0 Å². The molecule has 1 saturated heterocycles. The van der Waals surface area contributed by atoms with Crippen molar-refractivity contribution in [3.63, 3.8) is 0 Å². The molecule has 7 heteroatoms. The topological polar surface area (TPSA) is 99.7 Å².